The fourth-order valence-corrected chi connectivity index (χ4v) is 8.83. The van der Waals surface area contributed by atoms with Gasteiger partial charge in [0.05, 0.1) is 33.2 Å². The molecule has 43 heavy (non-hydrogen) atoms. The number of para-hydroxylation sites is 2. The molecule has 2 aliphatic heterocycles. The Labute approximate surface area is 259 Å². The van der Waals surface area contributed by atoms with Crippen molar-refractivity contribution in [1.82, 2.24) is 5.32 Å². The first kappa shape index (κ1) is 27.4. The lowest BCUT2D eigenvalue weighted by atomic mass is 9.47. The maximum absolute atomic E-state index is 13.5. The predicted octanol–water partition coefficient (Wildman–Crippen LogP) is 6.24. The van der Waals surface area contributed by atoms with E-state index in [4.69, 9.17) is 32.7 Å². The van der Waals surface area contributed by atoms with Gasteiger partial charge in [0.25, 0.3) is 0 Å². The second-order valence-electron chi connectivity index (χ2n) is 12.7. The number of benzene rings is 3. The predicted molar refractivity (Wildman–Crippen MR) is 164 cm³/mol. The summed E-state index contributed by atoms with van der Waals surface area (Å²) in [6.07, 6.45) is 3.88. The monoisotopic (exact) mass is 618 g/mol. The number of carbonyl (C=O) groups excluding carboxylic acids is 2. The Balaban J connectivity index is 1.14. The number of ketones is 1. The molecule has 3 fully saturated rings. The molecule has 0 aromatic heterocycles. The molecule has 3 aromatic rings. The molecule has 0 radical (unpaired) electrons. The molecule has 2 heterocycles. The molecule has 3 aromatic carbocycles. The van der Waals surface area contributed by atoms with Gasteiger partial charge < -0.3 is 25.2 Å². The van der Waals surface area contributed by atoms with E-state index in [1.807, 2.05) is 30.3 Å². The van der Waals surface area contributed by atoms with Crippen LogP contribution < -0.4 is 20.1 Å². The number of rotatable bonds is 7. The van der Waals surface area contributed by atoms with Crippen LogP contribution in [0.1, 0.15) is 61.1 Å². The summed E-state index contributed by atoms with van der Waals surface area (Å²) in [5, 5.41) is 20.3. The molecule has 8 rings (SSSR count). The third-order valence-electron chi connectivity index (χ3n) is 10.4. The summed E-state index contributed by atoms with van der Waals surface area (Å²) >= 11 is 12.8. The van der Waals surface area contributed by atoms with Crippen LogP contribution >= 0.6 is 23.2 Å². The number of hydrogen-bond acceptors (Lipinski definition) is 7. The molecule has 3 N–H and O–H groups in total. The van der Waals surface area contributed by atoms with Gasteiger partial charge in [0.15, 0.2) is 23.4 Å². The number of halogens is 2. The molecule has 1 saturated heterocycles. The molecule has 7 nitrogen and oxygen atoms in total. The molecular formula is C34H32Cl2N2O5. The van der Waals surface area contributed by atoms with Crippen LogP contribution in [0.5, 0.6) is 11.5 Å². The van der Waals surface area contributed by atoms with Gasteiger partial charge in [-0.15, -0.1) is 0 Å². The molecule has 9 heteroatoms. The maximum atomic E-state index is 13.5. The normalized spacial score (nSPS) is 29.9. The zero-order chi connectivity index (χ0) is 29.5. The van der Waals surface area contributed by atoms with Gasteiger partial charge in [0.1, 0.15) is 0 Å². The largest absolute Gasteiger partial charge is 0.477 e. The van der Waals surface area contributed by atoms with Crippen LogP contribution in [0.25, 0.3) is 0 Å². The Morgan fingerprint density at radius 1 is 1.07 bits per heavy atom. The minimum Gasteiger partial charge on any atom is -0.477 e. The number of anilines is 2. The van der Waals surface area contributed by atoms with E-state index in [0.717, 1.165) is 17.5 Å². The number of piperidine rings is 1. The Morgan fingerprint density at radius 2 is 1.86 bits per heavy atom. The highest BCUT2D eigenvalue weighted by atomic mass is 35.5. The summed E-state index contributed by atoms with van der Waals surface area (Å²) in [5.74, 6) is 1.03. The molecule has 3 aliphatic carbocycles. The minimum absolute atomic E-state index is 0.00336. The summed E-state index contributed by atoms with van der Waals surface area (Å²) in [6, 6.07) is 16.4. The molecule has 222 valence electrons. The second-order valence-corrected chi connectivity index (χ2v) is 13.5. The summed E-state index contributed by atoms with van der Waals surface area (Å²) < 4.78 is 12.5. The summed E-state index contributed by atoms with van der Waals surface area (Å²) in [7, 11) is 0. The van der Waals surface area contributed by atoms with E-state index in [0.29, 0.717) is 63.8 Å². The Bertz CT molecular complexity index is 1650. The average Bonchev–Trinajstić information content (AvgIpc) is 3.73. The molecule has 1 spiro atoms. The van der Waals surface area contributed by atoms with Gasteiger partial charge in [-0.25, -0.2) is 0 Å². The van der Waals surface area contributed by atoms with Crippen molar-refractivity contribution in [2.24, 2.45) is 5.92 Å². The van der Waals surface area contributed by atoms with Crippen LogP contribution in [0.2, 0.25) is 10.0 Å². The van der Waals surface area contributed by atoms with Crippen LogP contribution in [0, 0.1) is 5.92 Å². The first-order valence-corrected chi connectivity index (χ1v) is 15.9. The van der Waals surface area contributed by atoms with Crippen molar-refractivity contribution in [2.45, 2.75) is 74.0 Å². The third kappa shape index (κ3) is 4.08. The van der Waals surface area contributed by atoms with E-state index in [9.17, 15) is 14.7 Å². The van der Waals surface area contributed by atoms with Crippen LogP contribution in [0.3, 0.4) is 0 Å². The van der Waals surface area contributed by atoms with Crippen molar-refractivity contribution >= 4 is 46.3 Å². The van der Waals surface area contributed by atoms with Crippen molar-refractivity contribution in [3.05, 3.63) is 81.3 Å². The standard InChI is InChI=1S/C34H32Cl2N2O5/c35-22-5-3-6-23(36)29(22)38-24-7-2-1-4-19(24)17-27(40)42-26-11-10-20-21(16-18-8-9-18)31-34(41)13-12-25(39)32-33(34,14-15-37-31)28(20)30(26)43-32/h1-7,10-11,18,21,31-32,37-38,41H,8-9,12-17H2/t21?,31-,32?,33+,34-/m1/s1. The van der Waals surface area contributed by atoms with Crippen LogP contribution in [-0.4, -0.2) is 41.2 Å². The van der Waals surface area contributed by atoms with E-state index >= 15 is 0 Å². The molecule has 2 bridgehead atoms. The zero-order valence-corrected chi connectivity index (χ0v) is 25.0. The Kier molecular flexibility index (Phi) is 6.36. The molecule has 5 atom stereocenters. The van der Waals surface area contributed by atoms with E-state index in [2.05, 4.69) is 10.6 Å². The SMILES string of the molecule is O=C(Cc1ccccc1Nc1c(Cl)cccc1Cl)Oc1ccc2c3c1OC1C(=O)CC[C@@]4(O)[C@H](NCC[C@]314)C2CC1CC1. The summed E-state index contributed by atoms with van der Waals surface area (Å²) in [6.45, 7) is 0.698. The number of carbonyl (C=O) groups is 2. The second kappa shape index (κ2) is 9.96. The number of hydrogen-bond donors (Lipinski definition) is 3. The summed E-state index contributed by atoms with van der Waals surface area (Å²) in [4.78, 5) is 26.8. The lowest BCUT2D eigenvalue weighted by Crippen LogP contribution is -2.76. The molecule has 0 amide bonds. The minimum atomic E-state index is -1.10. The molecule has 5 aliphatic rings. The highest BCUT2D eigenvalue weighted by Gasteiger charge is 2.73. The van der Waals surface area contributed by atoms with Crippen LogP contribution in [0.15, 0.2) is 54.6 Å². The van der Waals surface area contributed by atoms with E-state index in [1.54, 1.807) is 24.3 Å². The highest BCUT2D eigenvalue weighted by molar-refractivity contribution is 6.39. The lowest BCUT2D eigenvalue weighted by molar-refractivity contribution is -0.169. The zero-order valence-electron chi connectivity index (χ0n) is 23.5. The number of aliphatic hydroxyl groups is 1. The van der Waals surface area contributed by atoms with Crippen molar-refractivity contribution in [2.75, 3.05) is 11.9 Å². The van der Waals surface area contributed by atoms with Gasteiger partial charge in [-0.1, -0.05) is 66.4 Å². The van der Waals surface area contributed by atoms with Crippen molar-refractivity contribution in [3.8, 4) is 11.5 Å². The van der Waals surface area contributed by atoms with Gasteiger partial charge in [-0.05, 0) is 67.1 Å². The number of nitrogens with one attached hydrogen (secondary N) is 2. The van der Waals surface area contributed by atoms with Gasteiger partial charge in [0, 0.05) is 29.6 Å². The van der Waals surface area contributed by atoms with Gasteiger partial charge >= 0.3 is 5.97 Å². The third-order valence-corrected chi connectivity index (χ3v) is 11.0. The smallest absolute Gasteiger partial charge is 0.315 e. The van der Waals surface area contributed by atoms with E-state index < -0.39 is 23.1 Å². The maximum Gasteiger partial charge on any atom is 0.315 e. The first-order valence-electron chi connectivity index (χ1n) is 15.1. The van der Waals surface area contributed by atoms with Crippen molar-refractivity contribution in [3.63, 3.8) is 0 Å². The number of esters is 1. The van der Waals surface area contributed by atoms with Gasteiger partial charge in [-0.2, -0.15) is 0 Å². The van der Waals surface area contributed by atoms with Crippen molar-refractivity contribution in [1.29, 1.82) is 0 Å². The topological polar surface area (TPSA) is 96.9 Å². The Hall–Kier alpha value is -3.10. The van der Waals surface area contributed by atoms with E-state index in [1.165, 1.54) is 12.8 Å². The van der Waals surface area contributed by atoms with Gasteiger partial charge in [0.2, 0.25) is 0 Å². The molecular weight excluding hydrogens is 587 g/mol. The van der Waals surface area contributed by atoms with E-state index in [-0.39, 0.29) is 30.6 Å². The molecule has 2 unspecified atom stereocenters. The van der Waals surface area contributed by atoms with Crippen LogP contribution in [0.4, 0.5) is 11.4 Å². The highest BCUT2D eigenvalue weighted by Crippen LogP contribution is 2.67. The van der Waals surface area contributed by atoms with Crippen molar-refractivity contribution < 1.29 is 24.2 Å². The Morgan fingerprint density at radius 3 is 2.65 bits per heavy atom. The fraction of sp³-hybridized carbons (Fsp3) is 0.412. The van der Waals surface area contributed by atoms with Gasteiger partial charge in [-0.3, -0.25) is 9.59 Å². The number of ether oxygens (including phenoxy) is 2. The fourth-order valence-electron chi connectivity index (χ4n) is 8.34. The first-order chi connectivity index (χ1) is 20.8. The average molecular weight is 620 g/mol. The summed E-state index contributed by atoms with van der Waals surface area (Å²) in [5.41, 5.74) is 2.02. The number of Topliss-reactive ketones (excluding diaryl/α,β-unsaturated/α-hetero) is 1. The van der Waals surface area contributed by atoms with Crippen LogP contribution in [-0.2, 0) is 21.4 Å². The quantitative estimate of drug-likeness (QED) is 0.213. The lowest BCUT2D eigenvalue weighted by Gasteiger charge is -2.61. The molecule has 2 saturated carbocycles.